The second-order valence-corrected chi connectivity index (χ2v) is 6.61. The summed E-state index contributed by atoms with van der Waals surface area (Å²) in [7, 11) is 1.62. The summed E-state index contributed by atoms with van der Waals surface area (Å²) in [6.45, 7) is 2.57. The van der Waals surface area contributed by atoms with Crippen LogP contribution in [0.15, 0.2) is 16.8 Å². The molecule has 4 rings (SSSR count). The van der Waals surface area contributed by atoms with Crippen LogP contribution in [0.3, 0.4) is 0 Å². The monoisotopic (exact) mass is 330 g/mol. The van der Waals surface area contributed by atoms with Gasteiger partial charge < -0.3 is 9.84 Å². The van der Waals surface area contributed by atoms with Gasteiger partial charge in [-0.1, -0.05) is 5.16 Å². The minimum absolute atomic E-state index is 0.153. The largest absolute Gasteiger partial charge is 0.354 e. The van der Waals surface area contributed by atoms with Crippen molar-refractivity contribution in [2.24, 2.45) is 0 Å². The molecule has 1 aliphatic heterocycles. The van der Waals surface area contributed by atoms with E-state index in [0.717, 1.165) is 31.8 Å². The minimum Gasteiger partial charge on any atom is -0.354 e. The van der Waals surface area contributed by atoms with E-state index in [4.69, 9.17) is 4.52 Å². The fraction of sp³-hybridized carbons (Fsp3) is 0.625. The van der Waals surface area contributed by atoms with Crippen molar-refractivity contribution in [3.05, 3.63) is 29.7 Å². The Bertz CT molecular complexity index is 720. The van der Waals surface area contributed by atoms with E-state index in [-0.39, 0.29) is 11.9 Å². The Labute approximate surface area is 140 Å². The Morgan fingerprint density at radius 2 is 2.29 bits per heavy atom. The minimum atomic E-state index is -0.153. The number of rotatable bonds is 5. The average Bonchev–Trinajstić information content (AvgIpc) is 3.15. The van der Waals surface area contributed by atoms with E-state index in [9.17, 15) is 4.79 Å². The highest BCUT2D eigenvalue weighted by Crippen LogP contribution is 2.38. The Morgan fingerprint density at radius 1 is 1.42 bits per heavy atom. The molecule has 1 atom stereocenters. The summed E-state index contributed by atoms with van der Waals surface area (Å²) >= 11 is 0. The molecule has 0 radical (unpaired) electrons. The molecule has 0 unspecified atom stereocenters. The molecule has 24 heavy (non-hydrogen) atoms. The summed E-state index contributed by atoms with van der Waals surface area (Å²) < 4.78 is 7.28. The van der Waals surface area contributed by atoms with Crippen LogP contribution >= 0.6 is 0 Å². The molecule has 1 saturated heterocycles. The lowest BCUT2D eigenvalue weighted by molar-refractivity contribution is 0.0955. The van der Waals surface area contributed by atoms with Crippen LogP contribution in [0.5, 0.6) is 0 Å². The maximum atomic E-state index is 11.7. The van der Waals surface area contributed by atoms with Gasteiger partial charge in [-0.05, 0) is 38.3 Å². The van der Waals surface area contributed by atoms with Gasteiger partial charge in [0, 0.05) is 25.7 Å². The quantitative estimate of drug-likeness (QED) is 0.890. The molecule has 1 N–H and O–H groups in total. The van der Waals surface area contributed by atoms with Gasteiger partial charge in [0.25, 0.3) is 5.91 Å². The van der Waals surface area contributed by atoms with E-state index >= 15 is 0 Å². The van der Waals surface area contributed by atoms with Gasteiger partial charge in [-0.25, -0.2) is 0 Å². The van der Waals surface area contributed by atoms with E-state index in [1.54, 1.807) is 13.1 Å². The van der Waals surface area contributed by atoms with Crippen molar-refractivity contribution in [1.82, 2.24) is 30.1 Å². The Hall–Kier alpha value is -2.22. The molecule has 0 spiro atoms. The molecule has 3 heterocycles. The normalized spacial score (nSPS) is 21.8. The summed E-state index contributed by atoms with van der Waals surface area (Å²) in [5.74, 6) is 1.92. The maximum absolute atomic E-state index is 11.7. The van der Waals surface area contributed by atoms with Crippen molar-refractivity contribution in [2.75, 3.05) is 20.1 Å². The van der Waals surface area contributed by atoms with Crippen LogP contribution in [-0.2, 0) is 6.54 Å². The summed E-state index contributed by atoms with van der Waals surface area (Å²) in [5.41, 5.74) is 0.459. The third-order valence-corrected chi connectivity index (χ3v) is 4.71. The lowest BCUT2D eigenvalue weighted by atomic mass is 10.1. The molecule has 2 fully saturated rings. The first-order chi connectivity index (χ1) is 11.7. The van der Waals surface area contributed by atoms with Crippen LogP contribution in [0, 0.1) is 0 Å². The summed E-state index contributed by atoms with van der Waals surface area (Å²) in [5, 5.41) is 11.1. The predicted octanol–water partition coefficient (Wildman–Crippen LogP) is 1.34. The fourth-order valence-corrected chi connectivity index (χ4v) is 3.21. The first-order valence-electron chi connectivity index (χ1n) is 8.55. The molecule has 8 heteroatoms. The Balaban J connectivity index is 1.39. The molecule has 2 aromatic heterocycles. The summed E-state index contributed by atoms with van der Waals surface area (Å²) in [6, 6.07) is 2.03. The Kier molecular flexibility index (Phi) is 4.05. The van der Waals surface area contributed by atoms with Crippen molar-refractivity contribution in [1.29, 1.82) is 0 Å². The van der Waals surface area contributed by atoms with Crippen LogP contribution in [0.4, 0.5) is 0 Å². The van der Waals surface area contributed by atoms with Gasteiger partial charge in [-0.3, -0.25) is 14.4 Å². The average molecular weight is 330 g/mol. The number of hydrogen-bond acceptors (Lipinski definition) is 6. The molecule has 1 saturated carbocycles. The predicted molar refractivity (Wildman–Crippen MR) is 85.4 cm³/mol. The first kappa shape index (κ1) is 15.3. The van der Waals surface area contributed by atoms with Gasteiger partial charge in [0.15, 0.2) is 5.82 Å². The topological polar surface area (TPSA) is 89.1 Å². The third kappa shape index (κ3) is 3.19. The second kappa shape index (κ2) is 6.35. The van der Waals surface area contributed by atoms with Crippen molar-refractivity contribution in [3.63, 3.8) is 0 Å². The molecule has 2 aromatic rings. The van der Waals surface area contributed by atoms with Gasteiger partial charge >= 0.3 is 0 Å². The fourth-order valence-electron chi connectivity index (χ4n) is 3.21. The van der Waals surface area contributed by atoms with E-state index < -0.39 is 0 Å². The van der Waals surface area contributed by atoms with Crippen LogP contribution in [0.2, 0.25) is 0 Å². The number of carbonyl (C=O) groups excluding carboxylic acids is 1. The molecule has 2 aliphatic rings. The zero-order valence-corrected chi connectivity index (χ0v) is 13.8. The smallest absolute Gasteiger partial charge is 0.271 e. The van der Waals surface area contributed by atoms with Crippen molar-refractivity contribution < 1.29 is 9.32 Å². The van der Waals surface area contributed by atoms with E-state index in [1.165, 1.54) is 12.8 Å². The molecular formula is C16H22N6O2. The van der Waals surface area contributed by atoms with Crippen LogP contribution in [-0.4, -0.2) is 50.9 Å². The zero-order chi connectivity index (χ0) is 16.5. The number of carbonyl (C=O) groups is 1. The van der Waals surface area contributed by atoms with Gasteiger partial charge in [0.05, 0.1) is 12.6 Å². The molecule has 1 amide bonds. The molecule has 0 bridgehead atoms. The second-order valence-electron chi connectivity index (χ2n) is 6.61. The molecule has 8 nitrogen and oxygen atoms in total. The van der Waals surface area contributed by atoms with E-state index in [0.29, 0.717) is 24.0 Å². The SMILES string of the molecule is CNC(=O)c1ccn([C@@H]2CCCN(Cc3nc(C4CC4)no3)C2)n1. The van der Waals surface area contributed by atoms with Gasteiger partial charge in [0.1, 0.15) is 5.69 Å². The summed E-state index contributed by atoms with van der Waals surface area (Å²) in [4.78, 5) is 18.5. The van der Waals surface area contributed by atoms with Crippen molar-refractivity contribution >= 4 is 5.91 Å². The number of nitrogens with zero attached hydrogens (tertiary/aromatic N) is 5. The molecular weight excluding hydrogens is 308 g/mol. The van der Waals surface area contributed by atoms with E-state index in [1.807, 2.05) is 10.9 Å². The zero-order valence-electron chi connectivity index (χ0n) is 13.8. The molecule has 0 aromatic carbocycles. The number of aromatic nitrogens is 4. The number of amides is 1. The van der Waals surface area contributed by atoms with Crippen molar-refractivity contribution in [2.45, 2.75) is 44.2 Å². The van der Waals surface area contributed by atoms with Gasteiger partial charge in [0.2, 0.25) is 5.89 Å². The lowest BCUT2D eigenvalue weighted by Gasteiger charge is -2.31. The van der Waals surface area contributed by atoms with Gasteiger partial charge in [-0.2, -0.15) is 10.1 Å². The number of likely N-dealkylation sites (tertiary alicyclic amines) is 1. The third-order valence-electron chi connectivity index (χ3n) is 4.71. The van der Waals surface area contributed by atoms with Gasteiger partial charge in [-0.15, -0.1) is 0 Å². The highest BCUT2D eigenvalue weighted by Gasteiger charge is 2.29. The standard InChI is InChI=1S/C16H22N6O2/c1-17-16(23)13-6-8-22(19-13)12-3-2-7-21(9-12)10-14-18-15(20-24-14)11-4-5-11/h6,8,11-12H,2-5,7,9-10H2,1H3,(H,17,23)/t12-/m1/s1. The van der Waals surface area contributed by atoms with E-state index in [2.05, 4.69) is 25.5 Å². The Morgan fingerprint density at radius 3 is 3.08 bits per heavy atom. The number of piperidine rings is 1. The molecule has 128 valence electrons. The summed E-state index contributed by atoms with van der Waals surface area (Å²) in [6.07, 6.45) is 6.39. The maximum Gasteiger partial charge on any atom is 0.271 e. The highest BCUT2D eigenvalue weighted by atomic mass is 16.5. The highest BCUT2D eigenvalue weighted by molar-refractivity contribution is 5.91. The number of hydrogen-bond donors (Lipinski definition) is 1. The lowest BCUT2D eigenvalue weighted by Crippen LogP contribution is -2.36. The number of nitrogens with one attached hydrogen (secondary N) is 1. The van der Waals surface area contributed by atoms with Crippen LogP contribution < -0.4 is 5.32 Å². The van der Waals surface area contributed by atoms with Crippen LogP contribution in [0.25, 0.3) is 0 Å². The molecule has 1 aliphatic carbocycles. The first-order valence-corrected chi connectivity index (χ1v) is 8.55. The van der Waals surface area contributed by atoms with Crippen LogP contribution in [0.1, 0.15) is 59.8 Å². The van der Waals surface area contributed by atoms with Crippen molar-refractivity contribution in [3.8, 4) is 0 Å².